The van der Waals surface area contributed by atoms with Gasteiger partial charge < -0.3 is 9.52 Å². The predicted octanol–water partition coefficient (Wildman–Crippen LogP) is 1.81. The first kappa shape index (κ1) is 10.9. The Labute approximate surface area is 92.9 Å². The van der Waals surface area contributed by atoms with Crippen LogP contribution in [0, 0.1) is 12.3 Å². The van der Waals surface area contributed by atoms with Crippen LogP contribution in [0.3, 0.4) is 0 Å². The Morgan fingerprint density at radius 1 is 1.25 bits per heavy atom. The maximum atomic E-state index is 11.9. The van der Waals surface area contributed by atoms with E-state index in [4.69, 9.17) is 4.42 Å². The molecule has 4 heteroatoms. The quantitative estimate of drug-likeness (QED) is 0.726. The number of rotatable bonds is 0. The number of ketones is 1. The van der Waals surface area contributed by atoms with Gasteiger partial charge in [-0.2, -0.15) is 0 Å². The van der Waals surface area contributed by atoms with Crippen molar-refractivity contribution in [1.82, 2.24) is 0 Å². The lowest BCUT2D eigenvalue weighted by Crippen LogP contribution is -2.28. The maximum Gasteiger partial charge on any atom is 0.342 e. The van der Waals surface area contributed by atoms with Crippen LogP contribution >= 0.6 is 0 Å². The molecule has 0 fully saturated rings. The molecule has 1 aliphatic rings. The molecular formula is C12H14O4. The van der Waals surface area contributed by atoms with E-state index in [1.165, 1.54) is 6.92 Å². The second-order valence-corrected chi connectivity index (χ2v) is 5.10. The molecule has 1 N–H and O–H groups in total. The van der Waals surface area contributed by atoms with Crippen molar-refractivity contribution in [3.8, 4) is 5.75 Å². The summed E-state index contributed by atoms with van der Waals surface area (Å²) in [5.41, 5.74) is -0.494. The van der Waals surface area contributed by atoms with E-state index in [0.29, 0.717) is 18.6 Å². The standard InChI is InChI=1S/C12H14O4/c1-6-10(14)9-7(13)4-12(2,3)5-8(9)16-11(6)15/h14H,4-5H2,1-3H3. The van der Waals surface area contributed by atoms with Gasteiger partial charge in [-0.1, -0.05) is 13.8 Å². The third-order valence-corrected chi connectivity index (χ3v) is 2.95. The number of Topliss-reactive ketones (excluding diaryl/α,β-unsaturated/α-hetero) is 1. The van der Waals surface area contributed by atoms with Crippen molar-refractivity contribution in [2.75, 3.05) is 0 Å². The van der Waals surface area contributed by atoms with Crippen molar-refractivity contribution in [3.63, 3.8) is 0 Å². The molecular weight excluding hydrogens is 208 g/mol. The molecule has 1 heterocycles. The van der Waals surface area contributed by atoms with Crippen molar-refractivity contribution >= 4 is 5.78 Å². The summed E-state index contributed by atoms with van der Waals surface area (Å²) in [5, 5.41) is 9.78. The van der Waals surface area contributed by atoms with Gasteiger partial charge >= 0.3 is 5.63 Å². The Bertz CT molecular complexity index is 523. The summed E-state index contributed by atoms with van der Waals surface area (Å²) in [5.74, 6) is -0.0586. The van der Waals surface area contributed by atoms with Gasteiger partial charge in [0.1, 0.15) is 11.5 Å². The summed E-state index contributed by atoms with van der Waals surface area (Å²) in [7, 11) is 0. The van der Waals surface area contributed by atoms with Gasteiger partial charge in [0.25, 0.3) is 0 Å². The van der Waals surface area contributed by atoms with Gasteiger partial charge in [0.05, 0.1) is 11.1 Å². The van der Waals surface area contributed by atoms with Crippen molar-refractivity contribution in [3.05, 3.63) is 27.3 Å². The lowest BCUT2D eigenvalue weighted by molar-refractivity contribution is 0.0893. The highest BCUT2D eigenvalue weighted by molar-refractivity contribution is 6.01. The molecule has 0 aromatic carbocycles. The minimum atomic E-state index is -0.568. The molecule has 0 atom stereocenters. The molecule has 1 aromatic rings. The minimum Gasteiger partial charge on any atom is -0.507 e. The van der Waals surface area contributed by atoms with Crippen LogP contribution in [0.15, 0.2) is 9.21 Å². The van der Waals surface area contributed by atoms with Crippen LogP contribution in [-0.2, 0) is 6.42 Å². The lowest BCUT2D eigenvalue weighted by atomic mass is 9.76. The molecule has 0 saturated carbocycles. The second-order valence-electron chi connectivity index (χ2n) is 5.10. The number of hydrogen-bond donors (Lipinski definition) is 1. The molecule has 0 spiro atoms. The predicted molar refractivity (Wildman–Crippen MR) is 57.8 cm³/mol. The van der Waals surface area contributed by atoms with E-state index in [9.17, 15) is 14.7 Å². The molecule has 1 aromatic heterocycles. The fraction of sp³-hybridized carbons (Fsp3) is 0.500. The molecule has 4 nitrogen and oxygen atoms in total. The summed E-state index contributed by atoms with van der Waals surface area (Å²) in [4.78, 5) is 23.3. The van der Waals surface area contributed by atoms with E-state index in [-0.39, 0.29) is 28.1 Å². The van der Waals surface area contributed by atoms with Crippen LogP contribution in [-0.4, -0.2) is 10.9 Å². The third kappa shape index (κ3) is 1.54. The zero-order valence-electron chi connectivity index (χ0n) is 9.59. The van der Waals surface area contributed by atoms with E-state index >= 15 is 0 Å². The van der Waals surface area contributed by atoms with Crippen molar-refractivity contribution in [2.45, 2.75) is 33.6 Å². The summed E-state index contributed by atoms with van der Waals surface area (Å²) in [6.45, 7) is 5.32. The average Bonchev–Trinajstić information content (AvgIpc) is 2.11. The fourth-order valence-electron chi connectivity index (χ4n) is 2.09. The number of aromatic hydroxyl groups is 1. The smallest absolute Gasteiger partial charge is 0.342 e. The van der Waals surface area contributed by atoms with Gasteiger partial charge in [0.15, 0.2) is 5.78 Å². The SMILES string of the molecule is Cc1c(O)c2c(oc1=O)CC(C)(C)CC2=O. The van der Waals surface area contributed by atoms with Crippen LogP contribution in [0.4, 0.5) is 0 Å². The molecule has 0 aliphatic heterocycles. The number of carbonyl (C=O) groups is 1. The zero-order chi connectivity index (χ0) is 12.1. The first-order chi connectivity index (χ1) is 7.32. The van der Waals surface area contributed by atoms with Gasteiger partial charge in [0.2, 0.25) is 0 Å². The van der Waals surface area contributed by atoms with E-state index in [1.54, 1.807) is 0 Å². The molecule has 86 valence electrons. The largest absolute Gasteiger partial charge is 0.507 e. The Hall–Kier alpha value is -1.58. The highest BCUT2D eigenvalue weighted by atomic mass is 16.4. The molecule has 16 heavy (non-hydrogen) atoms. The Kier molecular flexibility index (Phi) is 2.19. The average molecular weight is 222 g/mol. The first-order valence-electron chi connectivity index (χ1n) is 5.20. The van der Waals surface area contributed by atoms with Gasteiger partial charge in [-0.3, -0.25) is 4.79 Å². The van der Waals surface area contributed by atoms with E-state index < -0.39 is 5.63 Å². The Balaban J connectivity index is 2.71. The van der Waals surface area contributed by atoms with Crippen LogP contribution < -0.4 is 5.63 Å². The van der Waals surface area contributed by atoms with Crippen LogP contribution in [0.5, 0.6) is 5.75 Å². The zero-order valence-corrected chi connectivity index (χ0v) is 9.59. The third-order valence-electron chi connectivity index (χ3n) is 2.95. The molecule has 0 amide bonds. The molecule has 0 radical (unpaired) electrons. The summed E-state index contributed by atoms with van der Waals surface area (Å²) < 4.78 is 5.08. The number of fused-ring (bicyclic) bond motifs is 1. The maximum absolute atomic E-state index is 11.9. The van der Waals surface area contributed by atoms with Gasteiger partial charge in [-0.25, -0.2) is 4.79 Å². The number of carbonyl (C=O) groups excluding carboxylic acids is 1. The Morgan fingerprint density at radius 2 is 1.88 bits per heavy atom. The van der Waals surface area contributed by atoms with Crippen molar-refractivity contribution in [2.24, 2.45) is 5.41 Å². The summed E-state index contributed by atoms with van der Waals surface area (Å²) in [6.07, 6.45) is 0.859. The molecule has 0 saturated heterocycles. The topological polar surface area (TPSA) is 67.5 Å². The van der Waals surface area contributed by atoms with Crippen molar-refractivity contribution < 1.29 is 14.3 Å². The van der Waals surface area contributed by atoms with E-state index in [2.05, 4.69) is 0 Å². The van der Waals surface area contributed by atoms with E-state index in [1.807, 2.05) is 13.8 Å². The highest BCUT2D eigenvalue weighted by Gasteiger charge is 2.35. The minimum absolute atomic E-state index is 0.104. The van der Waals surface area contributed by atoms with Crippen molar-refractivity contribution in [1.29, 1.82) is 0 Å². The van der Waals surface area contributed by atoms with Crippen LogP contribution in [0.2, 0.25) is 0 Å². The molecule has 0 unspecified atom stereocenters. The monoisotopic (exact) mass is 222 g/mol. The fourth-order valence-corrected chi connectivity index (χ4v) is 2.09. The van der Waals surface area contributed by atoms with Gasteiger partial charge in [-0.05, 0) is 12.3 Å². The molecule has 1 aliphatic carbocycles. The first-order valence-corrected chi connectivity index (χ1v) is 5.20. The summed E-state index contributed by atoms with van der Waals surface area (Å²) in [6, 6.07) is 0. The normalized spacial score (nSPS) is 18.3. The highest BCUT2D eigenvalue weighted by Crippen LogP contribution is 2.38. The Morgan fingerprint density at radius 3 is 2.50 bits per heavy atom. The lowest BCUT2D eigenvalue weighted by Gasteiger charge is -2.29. The molecule has 2 rings (SSSR count). The second kappa shape index (κ2) is 3.20. The number of hydrogen-bond acceptors (Lipinski definition) is 4. The summed E-state index contributed by atoms with van der Waals surface area (Å²) >= 11 is 0. The van der Waals surface area contributed by atoms with Crippen LogP contribution in [0.1, 0.15) is 41.9 Å². The van der Waals surface area contributed by atoms with Gasteiger partial charge in [0, 0.05) is 12.8 Å². The molecule has 0 bridgehead atoms. The van der Waals surface area contributed by atoms with Gasteiger partial charge in [-0.15, -0.1) is 0 Å². The van der Waals surface area contributed by atoms with E-state index in [0.717, 1.165) is 0 Å². The van der Waals surface area contributed by atoms with Crippen LogP contribution in [0.25, 0.3) is 0 Å².